The van der Waals surface area contributed by atoms with Crippen molar-refractivity contribution >= 4 is 28.9 Å². The minimum atomic E-state index is -1.71. The number of benzene rings is 1. The van der Waals surface area contributed by atoms with Gasteiger partial charge in [0.05, 0.1) is 17.2 Å². The number of phenols is 2. The summed E-state index contributed by atoms with van der Waals surface area (Å²) in [6.45, 7) is 0. The molecule has 30 heavy (non-hydrogen) atoms. The molecule has 0 radical (unpaired) electrons. The minimum absolute atomic E-state index is 0.414. The highest BCUT2D eigenvalue weighted by molar-refractivity contribution is 6.51. The largest absolute Gasteiger partial charge is 0.507 e. The van der Waals surface area contributed by atoms with Crippen molar-refractivity contribution in [2.24, 2.45) is 0 Å². The van der Waals surface area contributed by atoms with Crippen LogP contribution in [0.1, 0.15) is 27.4 Å². The number of hydrogen-bond acceptors (Lipinski definition) is 10. The summed E-state index contributed by atoms with van der Waals surface area (Å²) in [6.07, 6.45) is 0.187. The molecule has 3 aliphatic carbocycles. The van der Waals surface area contributed by atoms with E-state index >= 15 is 0 Å². The van der Waals surface area contributed by atoms with Crippen molar-refractivity contribution in [1.82, 2.24) is 0 Å². The molecule has 0 amide bonds. The van der Waals surface area contributed by atoms with Gasteiger partial charge in [-0.2, -0.15) is 0 Å². The molecule has 1 aromatic rings. The van der Waals surface area contributed by atoms with Gasteiger partial charge < -0.3 is 30.6 Å². The van der Waals surface area contributed by atoms with Gasteiger partial charge in [0.2, 0.25) is 23.1 Å². The molecule has 10 nitrogen and oxygen atoms in total. The van der Waals surface area contributed by atoms with Crippen LogP contribution in [0.15, 0.2) is 47.0 Å². The summed E-state index contributed by atoms with van der Waals surface area (Å²) in [7, 11) is 0. The first-order chi connectivity index (χ1) is 14.0. The van der Waals surface area contributed by atoms with Gasteiger partial charge >= 0.3 is 0 Å². The lowest BCUT2D eigenvalue weighted by atomic mass is 9.72. The lowest BCUT2D eigenvalue weighted by molar-refractivity contribution is -0.131. The number of ketones is 4. The van der Waals surface area contributed by atoms with Crippen LogP contribution in [-0.2, 0) is 14.4 Å². The highest BCUT2D eigenvalue weighted by Gasteiger charge is 2.45. The van der Waals surface area contributed by atoms with E-state index in [0.717, 1.165) is 6.08 Å². The van der Waals surface area contributed by atoms with E-state index in [2.05, 4.69) is 0 Å². The molecule has 3 aliphatic rings. The molecule has 152 valence electrons. The molecule has 1 unspecified atom stereocenters. The molecule has 10 heteroatoms. The van der Waals surface area contributed by atoms with E-state index in [0.29, 0.717) is 18.2 Å². The third kappa shape index (κ3) is 2.40. The van der Waals surface area contributed by atoms with Crippen molar-refractivity contribution in [2.75, 3.05) is 0 Å². The Balaban J connectivity index is 2.09. The van der Waals surface area contributed by atoms with Crippen molar-refractivity contribution in [3.63, 3.8) is 0 Å². The van der Waals surface area contributed by atoms with Crippen molar-refractivity contribution in [2.45, 2.75) is 12.0 Å². The van der Waals surface area contributed by atoms with Gasteiger partial charge in [0.25, 0.3) is 0 Å². The predicted molar refractivity (Wildman–Crippen MR) is 96.9 cm³/mol. The number of aliphatic hydroxyl groups excluding tert-OH is 4. The molecule has 0 aromatic heterocycles. The Morgan fingerprint density at radius 2 is 1.30 bits per heavy atom. The Bertz CT molecular complexity index is 1220. The summed E-state index contributed by atoms with van der Waals surface area (Å²) >= 11 is 0. The molecule has 0 bridgehead atoms. The van der Waals surface area contributed by atoms with Gasteiger partial charge in [0.15, 0.2) is 0 Å². The van der Waals surface area contributed by atoms with E-state index in [4.69, 9.17) is 0 Å². The van der Waals surface area contributed by atoms with E-state index in [1.165, 1.54) is 0 Å². The summed E-state index contributed by atoms with van der Waals surface area (Å²) in [5.74, 6) is -10.2. The smallest absolute Gasteiger partial charge is 0.237 e. The van der Waals surface area contributed by atoms with E-state index in [-0.39, 0.29) is 0 Å². The highest BCUT2D eigenvalue weighted by Crippen LogP contribution is 2.49. The van der Waals surface area contributed by atoms with Crippen LogP contribution in [0.5, 0.6) is 11.5 Å². The number of aromatic hydroxyl groups is 2. The monoisotopic (exact) mass is 412 g/mol. The summed E-state index contributed by atoms with van der Waals surface area (Å²) in [4.78, 5) is 48.1. The molecular weight excluding hydrogens is 400 g/mol. The second-order valence-corrected chi connectivity index (χ2v) is 6.83. The maximum atomic E-state index is 12.3. The Kier molecular flexibility index (Phi) is 3.93. The molecule has 0 fully saturated rings. The zero-order valence-electron chi connectivity index (χ0n) is 14.8. The SMILES string of the molecule is O=C1C=C(O)C2=C(C1=O)C(O)=CC(O)[C@@H]2c1c(O)cc(O)c2c1C(O)=CC(=O)C2=O. The van der Waals surface area contributed by atoms with E-state index < -0.39 is 91.8 Å². The first-order valence-electron chi connectivity index (χ1n) is 8.46. The van der Waals surface area contributed by atoms with Gasteiger partial charge in [-0.15, -0.1) is 0 Å². The molecule has 0 saturated carbocycles. The van der Waals surface area contributed by atoms with Crippen LogP contribution in [-0.4, -0.2) is 59.9 Å². The maximum absolute atomic E-state index is 12.3. The van der Waals surface area contributed by atoms with Crippen molar-refractivity contribution < 1.29 is 49.8 Å². The van der Waals surface area contributed by atoms with Crippen LogP contribution in [0.4, 0.5) is 0 Å². The number of phenolic OH excluding ortho intramolecular Hbond substituents is 2. The minimum Gasteiger partial charge on any atom is -0.507 e. The zero-order chi connectivity index (χ0) is 22.1. The molecule has 2 atom stereocenters. The summed E-state index contributed by atoms with van der Waals surface area (Å²) in [5.41, 5.74) is -2.63. The Morgan fingerprint density at radius 3 is 1.97 bits per heavy atom. The number of rotatable bonds is 1. The fourth-order valence-corrected chi connectivity index (χ4v) is 3.90. The van der Waals surface area contributed by atoms with Crippen LogP contribution >= 0.6 is 0 Å². The lowest BCUT2D eigenvalue weighted by Gasteiger charge is -2.33. The standard InChI is InChI=1S/C20H12O10/c21-5-1-9(25)17-15(7(23)3-11(27)19(17)29)13(5)14-6(22)2-10(26)18-16(14)8(24)4-12(28)20(18)30/h1-5,13,21-26H/t5?,13-/m1/s1. The third-order valence-corrected chi connectivity index (χ3v) is 5.11. The van der Waals surface area contributed by atoms with E-state index in [9.17, 15) is 49.8 Å². The molecule has 4 rings (SSSR count). The van der Waals surface area contributed by atoms with Crippen LogP contribution in [0.25, 0.3) is 5.76 Å². The molecule has 0 heterocycles. The second kappa shape index (κ2) is 6.16. The van der Waals surface area contributed by atoms with Crippen LogP contribution in [0.3, 0.4) is 0 Å². The van der Waals surface area contributed by atoms with Crippen molar-refractivity contribution in [3.8, 4) is 11.5 Å². The van der Waals surface area contributed by atoms with Crippen molar-refractivity contribution in [1.29, 1.82) is 0 Å². The predicted octanol–water partition coefficient (Wildman–Crippen LogP) is 0.552. The number of Topliss-reactive ketones (excluding diaryl/α,β-unsaturated/α-hetero) is 2. The fourth-order valence-electron chi connectivity index (χ4n) is 3.90. The molecule has 6 N–H and O–H groups in total. The zero-order valence-corrected chi connectivity index (χ0v) is 14.8. The number of hydrogen-bond donors (Lipinski definition) is 6. The van der Waals surface area contributed by atoms with Gasteiger partial charge in [0.1, 0.15) is 28.8 Å². The van der Waals surface area contributed by atoms with Gasteiger partial charge in [-0.05, 0) is 6.08 Å². The van der Waals surface area contributed by atoms with Crippen LogP contribution < -0.4 is 0 Å². The van der Waals surface area contributed by atoms with Gasteiger partial charge in [-0.3, -0.25) is 19.2 Å². The Morgan fingerprint density at radius 1 is 0.700 bits per heavy atom. The number of allylic oxidation sites excluding steroid dienone is 4. The fraction of sp³-hybridized carbons (Fsp3) is 0.100. The van der Waals surface area contributed by atoms with Crippen LogP contribution in [0.2, 0.25) is 0 Å². The number of aliphatic hydroxyl groups is 4. The topological polar surface area (TPSA) is 190 Å². The average molecular weight is 412 g/mol. The van der Waals surface area contributed by atoms with Crippen molar-refractivity contribution in [3.05, 3.63) is 63.6 Å². The second-order valence-electron chi connectivity index (χ2n) is 6.83. The summed E-state index contributed by atoms with van der Waals surface area (Å²) < 4.78 is 0. The van der Waals surface area contributed by atoms with Gasteiger partial charge in [-0.1, -0.05) is 0 Å². The first-order valence-corrected chi connectivity index (χ1v) is 8.46. The Labute approximate surface area is 166 Å². The highest BCUT2D eigenvalue weighted by atomic mass is 16.3. The number of fused-ring (bicyclic) bond motifs is 1. The molecular formula is C20H12O10. The van der Waals surface area contributed by atoms with Gasteiger partial charge in [0, 0.05) is 40.8 Å². The van der Waals surface area contributed by atoms with E-state index in [1.54, 1.807) is 0 Å². The molecule has 0 aliphatic heterocycles. The Hall–Kier alpha value is -4.18. The first kappa shape index (κ1) is 19.2. The van der Waals surface area contributed by atoms with Crippen LogP contribution in [0, 0.1) is 0 Å². The normalized spacial score (nSPS) is 23.6. The average Bonchev–Trinajstić information content (AvgIpc) is 2.64. The maximum Gasteiger partial charge on any atom is 0.237 e. The molecule has 1 aromatic carbocycles. The van der Waals surface area contributed by atoms with E-state index in [1.807, 2.05) is 0 Å². The lowest BCUT2D eigenvalue weighted by Crippen LogP contribution is -2.33. The van der Waals surface area contributed by atoms with Gasteiger partial charge in [-0.25, -0.2) is 0 Å². The molecule has 0 spiro atoms. The number of carbonyl (C=O) groups excluding carboxylic acids is 4. The molecule has 0 saturated heterocycles. The quantitative estimate of drug-likeness (QED) is 0.281. The third-order valence-electron chi connectivity index (χ3n) is 5.11. The number of carbonyl (C=O) groups is 4. The summed E-state index contributed by atoms with van der Waals surface area (Å²) in [6, 6.07) is 0.694. The summed E-state index contributed by atoms with van der Waals surface area (Å²) in [5, 5.41) is 61.9.